The molecule has 0 saturated carbocycles. The van der Waals surface area contributed by atoms with Crippen LogP contribution in [0.4, 0.5) is 5.69 Å². The van der Waals surface area contributed by atoms with E-state index in [9.17, 15) is 18.0 Å². The first-order valence-electron chi connectivity index (χ1n) is 11.3. The van der Waals surface area contributed by atoms with E-state index < -0.39 is 16.0 Å². The SMILES string of the molecule is CC(C)CN(CC(C)C)C(=O)COC(=O)c1ccc2c(c1)S(=O)(=O)N=C1CCCCCN12. The Kier molecular flexibility index (Phi) is 7.59. The third kappa shape index (κ3) is 5.68. The minimum Gasteiger partial charge on any atom is -0.452 e. The van der Waals surface area contributed by atoms with Crippen LogP contribution in [0.2, 0.25) is 0 Å². The fourth-order valence-corrected chi connectivity index (χ4v) is 5.35. The van der Waals surface area contributed by atoms with Crippen LogP contribution in [-0.2, 0) is 19.6 Å². The van der Waals surface area contributed by atoms with Crippen LogP contribution >= 0.6 is 0 Å². The third-order valence-corrected chi connectivity index (χ3v) is 6.77. The number of carbonyl (C=O) groups is 2. The first-order chi connectivity index (χ1) is 15.1. The summed E-state index contributed by atoms with van der Waals surface area (Å²) < 4.78 is 34.7. The lowest BCUT2D eigenvalue weighted by Crippen LogP contribution is -2.39. The van der Waals surface area contributed by atoms with Crippen molar-refractivity contribution in [2.45, 2.75) is 58.3 Å². The Morgan fingerprint density at radius 3 is 2.44 bits per heavy atom. The Hall–Kier alpha value is -2.42. The fourth-order valence-electron chi connectivity index (χ4n) is 4.07. The van der Waals surface area contributed by atoms with Crippen LogP contribution in [0.3, 0.4) is 0 Å². The molecule has 1 fully saturated rings. The number of anilines is 1. The van der Waals surface area contributed by atoms with Gasteiger partial charge in [-0.15, -0.1) is 4.40 Å². The number of amidine groups is 1. The molecule has 32 heavy (non-hydrogen) atoms. The second kappa shape index (κ2) is 10.0. The predicted molar refractivity (Wildman–Crippen MR) is 123 cm³/mol. The summed E-state index contributed by atoms with van der Waals surface area (Å²) in [6, 6.07) is 4.49. The van der Waals surface area contributed by atoms with E-state index in [0.717, 1.165) is 19.3 Å². The van der Waals surface area contributed by atoms with Crippen LogP contribution in [0.1, 0.15) is 63.7 Å². The Balaban J connectivity index is 1.75. The molecule has 3 rings (SSSR count). The van der Waals surface area contributed by atoms with E-state index in [2.05, 4.69) is 4.40 Å². The van der Waals surface area contributed by atoms with Crippen molar-refractivity contribution in [2.24, 2.45) is 16.2 Å². The van der Waals surface area contributed by atoms with Gasteiger partial charge in [-0.1, -0.05) is 34.1 Å². The van der Waals surface area contributed by atoms with Crippen molar-refractivity contribution in [3.8, 4) is 0 Å². The van der Waals surface area contributed by atoms with Gasteiger partial charge < -0.3 is 14.5 Å². The molecule has 1 aromatic rings. The lowest BCUT2D eigenvalue weighted by atomic mass is 10.1. The van der Waals surface area contributed by atoms with Crippen molar-refractivity contribution in [2.75, 3.05) is 31.1 Å². The normalized spacial score (nSPS) is 17.3. The van der Waals surface area contributed by atoms with Gasteiger partial charge in [0.05, 0.1) is 11.3 Å². The molecule has 1 saturated heterocycles. The molecule has 2 aliphatic heterocycles. The molecule has 0 aromatic heterocycles. The van der Waals surface area contributed by atoms with Gasteiger partial charge in [-0.3, -0.25) is 4.79 Å². The number of carbonyl (C=O) groups excluding carboxylic acids is 2. The number of nitrogens with zero attached hydrogens (tertiary/aromatic N) is 3. The van der Waals surface area contributed by atoms with Crippen LogP contribution in [-0.4, -0.2) is 57.3 Å². The molecule has 0 N–H and O–H groups in total. The van der Waals surface area contributed by atoms with E-state index in [1.54, 1.807) is 17.0 Å². The number of amides is 1. The standard InChI is InChI=1S/C23H33N3O5S/c1-16(2)13-25(14-17(3)4)22(27)15-31-23(28)18-9-10-19-20(12-18)32(29,30)24-21-8-6-5-7-11-26(19)21/h9-10,12,16-17H,5-8,11,13-15H2,1-4H3. The zero-order valence-corrected chi connectivity index (χ0v) is 20.2. The number of hydrogen-bond acceptors (Lipinski definition) is 6. The van der Waals surface area contributed by atoms with Crippen molar-refractivity contribution in [1.29, 1.82) is 0 Å². The highest BCUT2D eigenvalue weighted by Gasteiger charge is 2.32. The number of ether oxygens (including phenoxy) is 1. The Labute approximate surface area is 190 Å². The quantitative estimate of drug-likeness (QED) is 0.575. The van der Waals surface area contributed by atoms with Crippen molar-refractivity contribution < 1.29 is 22.7 Å². The second-order valence-corrected chi connectivity index (χ2v) is 10.9. The summed E-state index contributed by atoms with van der Waals surface area (Å²) in [5.74, 6) is 0.167. The monoisotopic (exact) mass is 463 g/mol. The van der Waals surface area contributed by atoms with Crippen molar-refractivity contribution in [3.63, 3.8) is 0 Å². The zero-order chi connectivity index (χ0) is 23.5. The summed E-state index contributed by atoms with van der Waals surface area (Å²) in [4.78, 5) is 28.9. The maximum Gasteiger partial charge on any atom is 0.338 e. The highest BCUT2D eigenvalue weighted by atomic mass is 32.2. The maximum atomic E-state index is 12.7. The molecule has 0 radical (unpaired) electrons. The maximum absolute atomic E-state index is 12.7. The molecule has 0 aliphatic carbocycles. The zero-order valence-electron chi connectivity index (χ0n) is 19.3. The third-order valence-electron chi connectivity index (χ3n) is 5.43. The molecule has 0 spiro atoms. The van der Waals surface area contributed by atoms with Crippen LogP contribution in [0.5, 0.6) is 0 Å². The second-order valence-electron chi connectivity index (χ2n) is 9.29. The van der Waals surface area contributed by atoms with Gasteiger partial charge in [-0.2, -0.15) is 8.42 Å². The number of rotatable bonds is 7. The molecule has 1 amide bonds. The van der Waals surface area contributed by atoms with Gasteiger partial charge in [-0.05, 0) is 42.9 Å². The highest BCUT2D eigenvalue weighted by Crippen LogP contribution is 2.35. The fraction of sp³-hybridized carbons (Fsp3) is 0.609. The number of fused-ring (bicyclic) bond motifs is 3. The minimum atomic E-state index is -3.89. The Morgan fingerprint density at radius 2 is 1.78 bits per heavy atom. The summed E-state index contributed by atoms with van der Waals surface area (Å²) >= 11 is 0. The topological polar surface area (TPSA) is 96.3 Å². The van der Waals surface area contributed by atoms with Crippen LogP contribution in [0, 0.1) is 11.8 Å². The van der Waals surface area contributed by atoms with Gasteiger partial charge in [0.2, 0.25) is 0 Å². The molecule has 1 aromatic carbocycles. The number of esters is 1. The molecule has 9 heteroatoms. The van der Waals surface area contributed by atoms with Crippen molar-refractivity contribution >= 4 is 33.4 Å². The lowest BCUT2D eigenvalue weighted by molar-refractivity contribution is -0.135. The molecule has 2 heterocycles. The number of sulfonamides is 1. The number of hydrogen-bond donors (Lipinski definition) is 0. The average molecular weight is 464 g/mol. The molecular formula is C23H33N3O5S. The Morgan fingerprint density at radius 1 is 1.09 bits per heavy atom. The van der Waals surface area contributed by atoms with Gasteiger partial charge in [0, 0.05) is 26.1 Å². The predicted octanol–water partition coefficient (Wildman–Crippen LogP) is 3.47. The molecule has 8 nitrogen and oxygen atoms in total. The smallest absolute Gasteiger partial charge is 0.338 e. The van der Waals surface area contributed by atoms with Crippen molar-refractivity contribution in [3.05, 3.63) is 23.8 Å². The van der Waals surface area contributed by atoms with Gasteiger partial charge in [-0.25, -0.2) is 4.79 Å². The van der Waals surface area contributed by atoms with Gasteiger partial charge >= 0.3 is 5.97 Å². The largest absolute Gasteiger partial charge is 0.452 e. The summed E-state index contributed by atoms with van der Waals surface area (Å²) in [5.41, 5.74) is 0.637. The van der Waals surface area contributed by atoms with Gasteiger partial charge in [0.1, 0.15) is 10.7 Å². The minimum absolute atomic E-state index is 0.00479. The Bertz CT molecular complexity index is 991. The molecule has 0 unspecified atom stereocenters. The summed E-state index contributed by atoms with van der Waals surface area (Å²) in [6.07, 6.45) is 3.50. The number of benzene rings is 1. The first kappa shape index (κ1) is 24.2. The average Bonchev–Trinajstić information content (AvgIpc) is 2.95. The lowest BCUT2D eigenvalue weighted by Gasteiger charge is -2.29. The summed E-state index contributed by atoms with van der Waals surface area (Å²) in [5, 5.41) is 0. The van der Waals surface area contributed by atoms with Gasteiger partial charge in [0.25, 0.3) is 15.9 Å². The van der Waals surface area contributed by atoms with E-state index in [0.29, 0.717) is 49.4 Å². The van der Waals surface area contributed by atoms with E-state index >= 15 is 0 Å². The molecule has 176 valence electrons. The van der Waals surface area contributed by atoms with E-state index in [1.165, 1.54) is 6.07 Å². The van der Waals surface area contributed by atoms with E-state index in [4.69, 9.17) is 4.74 Å². The molecule has 0 bridgehead atoms. The van der Waals surface area contributed by atoms with Crippen LogP contribution < -0.4 is 4.90 Å². The molecule has 0 atom stereocenters. The van der Waals surface area contributed by atoms with E-state index in [1.807, 2.05) is 32.6 Å². The molecular weight excluding hydrogens is 430 g/mol. The van der Waals surface area contributed by atoms with Gasteiger partial charge in [0.15, 0.2) is 6.61 Å². The first-order valence-corrected chi connectivity index (χ1v) is 12.7. The summed E-state index contributed by atoms with van der Waals surface area (Å²) in [7, 11) is -3.89. The van der Waals surface area contributed by atoms with Crippen LogP contribution in [0.15, 0.2) is 27.5 Å². The summed E-state index contributed by atoms with van der Waals surface area (Å²) in [6.45, 7) is 9.59. The molecule has 2 aliphatic rings. The van der Waals surface area contributed by atoms with Crippen LogP contribution in [0.25, 0.3) is 0 Å². The highest BCUT2D eigenvalue weighted by molar-refractivity contribution is 7.90. The van der Waals surface area contributed by atoms with E-state index in [-0.39, 0.29) is 23.0 Å². The van der Waals surface area contributed by atoms with Crippen molar-refractivity contribution in [1.82, 2.24) is 4.90 Å².